The molecular weight excluding hydrogens is 274 g/mol. The van der Waals surface area contributed by atoms with Crippen molar-refractivity contribution in [3.05, 3.63) is 35.0 Å². The van der Waals surface area contributed by atoms with Gasteiger partial charge in [-0.15, -0.1) is 0 Å². The number of nitrogens with one attached hydrogen (secondary N) is 1. The zero-order valence-corrected chi connectivity index (χ0v) is 12.3. The van der Waals surface area contributed by atoms with Crippen molar-refractivity contribution in [2.45, 2.75) is 32.6 Å². The first-order chi connectivity index (χ1) is 9.37. The molecule has 1 aromatic heterocycles. The molecular formula is C16H16ClNO2. The van der Waals surface area contributed by atoms with Crippen LogP contribution in [-0.2, 0) is 9.59 Å². The van der Waals surface area contributed by atoms with Gasteiger partial charge in [0.1, 0.15) is 17.5 Å². The van der Waals surface area contributed by atoms with Gasteiger partial charge < -0.3 is 4.98 Å². The number of fused-ring (bicyclic) bond motifs is 1. The number of hydrogen-bond donors (Lipinski definition) is 1. The van der Waals surface area contributed by atoms with Gasteiger partial charge in [-0.05, 0) is 29.2 Å². The fourth-order valence-electron chi connectivity index (χ4n) is 3.09. The number of hydrogen-bond acceptors (Lipinski definition) is 2. The smallest absolute Gasteiger partial charge is 0.148 e. The van der Waals surface area contributed by atoms with E-state index in [4.69, 9.17) is 11.6 Å². The van der Waals surface area contributed by atoms with Gasteiger partial charge in [-0.25, -0.2) is 0 Å². The normalized spacial score (nSPS) is 19.8. The summed E-state index contributed by atoms with van der Waals surface area (Å²) in [7, 11) is 0. The monoisotopic (exact) mass is 289 g/mol. The molecule has 0 radical (unpaired) electrons. The van der Waals surface area contributed by atoms with E-state index in [2.05, 4.69) is 4.98 Å². The number of carbonyl (C=O) groups excluding carboxylic acids is 2. The lowest BCUT2D eigenvalue weighted by Gasteiger charge is -2.31. The van der Waals surface area contributed by atoms with E-state index in [9.17, 15) is 9.59 Å². The Morgan fingerprint density at radius 3 is 2.50 bits per heavy atom. The number of carbonyl (C=O) groups is 2. The van der Waals surface area contributed by atoms with E-state index in [1.807, 2.05) is 26.0 Å². The molecule has 20 heavy (non-hydrogen) atoms. The van der Waals surface area contributed by atoms with Crippen LogP contribution in [0.25, 0.3) is 10.9 Å². The number of ketones is 2. The van der Waals surface area contributed by atoms with E-state index in [1.54, 1.807) is 12.3 Å². The number of aromatic nitrogens is 1. The highest BCUT2D eigenvalue weighted by Gasteiger charge is 2.41. The second-order valence-corrected chi connectivity index (χ2v) is 6.75. The third kappa shape index (κ3) is 2.16. The van der Waals surface area contributed by atoms with Crippen LogP contribution >= 0.6 is 11.6 Å². The van der Waals surface area contributed by atoms with Crippen molar-refractivity contribution in [1.29, 1.82) is 0 Å². The molecule has 104 valence electrons. The maximum Gasteiger partial charge on any atom is 0.148 e. The van der Waals surface area contributed by atoms with Crippen molar-refractivity contribution >= 4 is 34.1 Å². The Morgan fingerprint density at radius 2 is 1.85 bits per heavy atom. The van der Waals surface area contributed by atoms with Gasteiger partial charge in [0.25, 0.3) is 0 Å². The van der Waals surface area contributed by atoms with Crippen LogP contribution in [0.3, 0.4) is 0 Å². The van der Waals surface area contributed by atoms with Crippen LogP contribution in [-0.4, -0.2) is 16.6 Å². The number of aromatic amines is 1. The summed E-state index contributed by atoms with van der Waals surface area (Å²) < 4.78 is 0. The van der Waals surface area contributed by atoms with Crippen LogP contribution < -0.4 is 0 Å². The summed E-state index contributed by atoms with van der Waals surface area (Å²) >= 11 is 6.02. The molecule has 4 heteroatoms. The van der Waals surface area contributed by atoms with Crippen LogP contribution in [0.1, 0.15) is 38.2 Å². The molecule has 1 aromatic carbocycles. The van der Waals surface area contributed by atoms with E-state index in [1.165, 1.54) is 0 Å². The lowest BCUT2D eigenvalue weighted by Crippen LogP contribution is -2.35. The zero-order chi connectivity index (χ0) is 14.5. The Labute approximate surface area is 122 Å². The van der Waals surface area contributed by atoms with E-state index in [0.29, 0.717) is 17.9 Å². The summed E-state index contributed by atoms with van der Waals surface area (Å²) in [5, 5.41) is 1.47. The highest BCUT2D eigenvalue weighted by atomic mass is 35.5. The summed E-state index contributed by atoms with van der Waals surface area (Å²) in [4.78, 5) is 27.9. The number of H-pyrrole nitrogens is 1. The van der Waals surface area contributed by atoms with Crippen molar-refractivity contribution in [2.24, 2.45) is 5.41 Å². The van der Waals surface area contributed by atoms with E-state index >= 15 is 0 Å². The molecule has 0 amide bonds. The molecule has 1 heterocycles. The minimum absolute atomic E-state index is 0.00660. The molecule has 1 aliphatic carbocycles. The molecule has 1 N–H and O–H groups in total. The lowest BCUT2D eigenvalue weighted by molar-refractivity contribution is -0.135. The van der Waals surface area contributed by atoms with E-state index in [-0.39, 0.29) is 17.0 Å². The van der Waals surface area contributed by atoms with Crippen LogP contribution in [0.15, 0.2) is 24.4 Å². The first-order valence-electron chi connectivity index (χ1n) is 6.69. The highest BCUT2D eigenvalue weighted by Crippen LogP contribution is 2.40. The Kier molecular flexibility index (Phi) is 2.98. The van der Waals surface area contributed by atoms with Gasteiger partial charge in [0.2, 0.25) is 0 Å². The maximum atomic E-state index is 12.4. The molecule has 0 aliphatic heterocycles. The molecule has 3 rings (SSSR count). The van der Waals surface area contributed by atoms with Crippen molar-refractivity contribution in [2.75, 3.05) is 0 Å². The van der Waals surface area contributed by atoms with Gasteiger partial charge in [-0.1, -0.05) is 25.4 Å². The second-order valence-electron chi connectivity index (χ2n) is 6.32. The lowest BCUT2D eigenvalue weighted by atomic mass is 9.69. The highest BCUT2D eigenvalue weighted by molar-refractivity contribution is 6.31. The van der Waals surface area contributed by atoms with Gasteiger partial charge in [0, 0.05) is 35.0 Å². The van der Waals surface area contributed by atoms with Crippen molar-refractivity contribution in [3.63, 3.8) is 0 Å². The Bertz CT molecular complexity index is 694. The standard InChI is InChI=1S/C16H16ClNO2/c1-16(2)6-13(19)15(14(20)7-16)11-8-18-12-4-3-9(17)5-10(11)12/h3-5,8,15,18H,6-7H2,1-2H3. The van der Waals surface area contributed by atoms with E-state index < -0.39 is 5.92 Å². The Balaban J connectivity index is 2.09. The van der Waals surface area contributed by atoms with Crippen molar-refractivity contribution in [1.82, 2.24) is 4.98 Å². The van der Waals surface area contributed by atoms with Crippen LogP contribution in [0.4, 0.5) is 0 Å². The van der Waals surface area contributed by atoms with Crippen LogP contribution in [0.5, 0.6) is 0 Å². The second kappa shape index (κ2) is 4.45. The average molecular weight is 290 g/mol. The summed E-state index contributed by atoms with van der Waals surface area (Å²) in [6.45, 7) is 3.93. The molecule has 0 spiro atoms. The molecule has 2 aromatic rings. The largest absolute Gasteiger partial charge is 0.361 e. The number of Topliss-reactive ketones (excluding diaryl/α,β-unsaturated/α-hetero) is 2. The third-order valence-corrected chi connectivity index (χ3v) is 4.17. The van der Waals surface area contributed by atoms with Crippen molar-refractivity contribution in [3.8, 4) is 0 Å². The fraction of sp³-hybridized carbons (Fsp3) is 0.375. The summed E-state index contributed by atoms with van der Waals surface area (Å²) in [6, 6.07) is 5.46. The Morgan fingerprint density at radius 1 is 1.20 bits per heavy atom. The molecule has 3 nitrogen and oxygen atoms in total. The number of rotatable bonds is 1. The Hall–Kier alpha value is -1.61. The summed E-state index contributed by atoms with van der Waals surface area (Å²) in [5.41, 5.74) is 1.43. The molecule has 0 bridgehead atoms. The van der Waals surface area contributed by atoms with Gasteiger partial charge in [-0.2, -0.15) is 0 Å². The minimum Gasteiger partial charge on any atom is -0.361 e. The fourth-order valence-corrected chi connectivity index (χ4v) is 3.26. The van der Waals surface area contributed by atoms with Crippen LogP contribution in [0.2, 0.25) is 5.02 Å². The van der Waals surface area contributed by atoms with Crippen LogP contribution in [0, 0.1) is 5.41 Å². The molecule has 1 fully saturated rings. The maximum absolute atomic E-state index is 12.4. The average Bonchev–Trinajstić information content (AvgIpc) is 2.70. The van der Waals surface area contributed by atoms with E-state index in [0.717, 1.165) is 16.5 Å². The first-order valence-corrected chi connectivity index (χ1v) is 7.07. The molecule has 0 unspecified atom stereocenters. The SMILES string of the molecule is CC1(C)CC(=O)C(c2c[nH]c3ccc(Cl)cc23)C(=O)C1. The van der Waals surface area contributed by atoms with Gasteiger partial charge in [-0.3, -0.25) is 9.59 Å². The molecule has 0 atom stereocenters. The molecule has 1 aliphatic rings. The minimum atomic E-state index is -0.643. The van der Waals surface area contributed by atoms with Gasteiger partial charge in [0.05, 0.1) is 0 Å². The predicted octanol–water partition coefficient (Wildman–Crippen LogP) is 3.86. The van der Waals surface area contributed by atoms with Gasteiger partial charge in [0.15, 0.2) is 0 Å². The van der Waals surface area contributed by atoms with Crippen molar-refractivity contribution < 1.29 is 9.59 Å². The number of benzene rings is 1. The third-order valence-electron chi connectivity index (χ3n) is 3.94. The number of halogens is 1. The summed E-state index contributed by atoms with van der Waals surface area (Å²) in [5.74, 6) is -0.630. The predicted molar refractivity (Wildman–Crippen MR) is 79.1 cm³/mol. The topological polar surface area (TPSA) is 49.9 Å². The molecule has 1 saturated carbocycles. The van der Waals surface area contributed by atoms with Gasteiger partial charge >= 0.3 is 0 Å². The first kappa shape index (κ1) is 13.4. The molecule has 0 saturated heterocycles. The quantitative estimate of drug-likeness (QED) is 0.810. The summed E-state index contributed by atoms with van der Waals surface area (Å²) in [6.07, 6.45) is 2.65. The zero-order valence-electron chi connectivity index (χ0n) is 11.5.